The van der Waals surface area contributed by atoms with Gasteiger partial charge in [-0.2, -0.15) is 0 Å². The number of hydrogen-bond donors (Lipinski definition) is 2. The Morgan fingerprint density at radius 3 is 2.27 bits per heavy atom. The topological polar surface area (TPSA) is 47.3 Å². The van der Waals surface area contributed by atoms with Gasteiger partial charge >= 0.3 is 0 Å². The fraction of sp³-hybridized carbons (Fsp3) is 1.00. The van der Waals surface area contributed by atoms with Crippen LogP contribution in [0.15, 0.2) is 0 Å². The average molecular weight is 216 g/mol. The summed E-state index contributed by atoms with van der Waals surface area (Å²) in [7, 11) is 1.74. The molecule has 0 rings (SSSR count). The molecule has 0 amide bonds. The van der Waals surface area contributed by atoms with Crippen LogP contribution in [0.4, 0.5) is 0 Å². The Morgan fingerprint density at radius 2 is 1.80 bits per heavy atom. The van der Waals surface area contributed by atoms with Gasteiger partial charge in [-0.1, -0.05) is 39.0 Å². The minimum absolute atomic E-state index is 0.181. The second-order valence-electron chi connectivity index (χ2n) is 4.73. The smallest absolute Gasteiger partial charge is 0.0788 e. The van der Waals surface area contributed by atoms with Crippen molar-refractivity contribution in [2.24, 2.45) is 5.84 Å². The van der Waals surface area contributed by atoms with Crippen LogP contribution in [0.3, 0.4) is 0 Å². The summed E-state index contributed by atoms with van der Waals surface area (Å²) in [4.78, 5) is 0. The molecule has 0 heterocycles. The maximum atomic E-state index is 5.55. The predicted molar refractivity (Wildman–Crippen MR) is 65.6 cm³/mol. The van der Waals surface area contributed by atoms with Crippen LogP contribution in [0.25, 0.3) is 0 Å². The van der Waals surface area contributed by atoms with Crippen LogP contribution in [-0.2, 0) is 4.74 Å². The Bertz CT molecular complexity index is 149. The average Bonchev–Trinajstić information content (AvgIpc) is 2.23. The first-order valence-electron chi connectivity index (χ1n) is 6.09. The summed E-state index contributed by atoms with van der Waals surface area (Å²) >= 11 is 0. The van der Waals surface area contributed by atoms with Crippen molar-refractivity contribution in [3.63, 3.8) is 0 Å². The second kappa shape index (κ2) is 8.08. The zero-order valence-corrected chi connectivity index (χ0v) is 10.8. The molecule has 0 aliphatic rings. The molecule has 0 bridgehead atoms. The first-order valence-corrected chi connectivity index (χ1v) is 6.09. The summed E-state index contributed by atoms with van der Waals surface area (Å²) in [6, 6.07) is 0.240. The van der Waals surface area contributed by atoms with E-state index in [1.165, 1.54) is 32.1 Å². The molecule has 3 nitrogen and oxygen atoms in total. The van der Waals surface area contributed by atoms with Crippen molar-refractivity contribution in [3.05, 3.63) is 0 Å². The predicted octanol–water partition coefficient (Wildman–Crippen LogP) is 2.60. The van der Waals surface area contributed by atoms with E-state index in [1.807, 2.05) is 0 Å². The number of unbranched alkanes of at least 4 members (excludes halogenated alkanes) is 4. The molecule has 15 heavy (non-hydrogen) atoms. The molecule has 0 spiro atoms. The highest BCUT2D eigenvalue weighted by atomic mass is 16.5. The quantitative estimate of drug-likeness (QED) is 0.354. The lowest BCUT2D eigenvalue weighted by Crippen LogP contribution is -2.50. The van der Waals surface area contributed by atoms with E-state index in [0.717, 1.165) is 6.42 Å². The largest absolute Gasteiger partial charge is 0.377 e. The summed E-state index contributed by atoms with van der Waals surface area (Å²) in [6.07, 6.45) is 7.58. The van der Waals surface area contributed by atoms with E-state index < -0.39 is 0 Å². The number of methoxy groups -OCH3 is 1. The number of hydrogen-bond acceptors (Lipinski definition) is 3. The molecule has 0 saturated carbocycles. The number of nitrogens with one attached hydrogen (secondary N) is 1. The molecule has 3 N–H and O–H groups in total. The zero-order chi connectivity index (χ0) is 11.7. The summed E-state index contributed by atoms with van der Waals surface area (Å²) in [5.41, 5.74) is 2.68. The van der Waals surface area contributed by atoms with Crippen LogP contribution in [0.5, 0.6) is 0 Å². The molecule has 0 aromatic carbocycles. The third kappa shape index (κ3) is 6.13. The summed E-state index contributed by atoms with van der Waals surface area (Å²) in [5, 5.41) is 0. The van der Waals surface area contributed by atoms with Gasteiger partial charge in [-0.25, -0.2) is 0 Å². The minimum Gasteiger partial charge on any atom is -0.377 e. The van der Waals surface area contributed by atoms with Gasteiger partial charge < -0.3 is 4.74 Å². The number of nitrogens with two attached hydrogens (primary N) is 1. The van der Waals surface area contributed by atoms with Gasteiger partial charge in [0.25, 0.3) is 0 Å². The number of hydrazine groups is 1. The molecular formula is C12H28N2O. The van der Waals surface area contributed by atoms with Crippen molar-refractivity contribution < 1.29 is 4.74 Å². The first kappa shape index (κ1) is 14.9. The number of rotatable bonds is 9. The standard InChI is InChI=1S/C12H28N2O/c1-5-6-7-8-9-10-11(14-13)12(2,3)15-4/h11,14H,5-10,13H2,1-4H3. The number of ether oxygens (including phenoxy) is 1. The van der Waals surface area contributed by atoms with Gasteiger partial charge in [0.15, 0.2) is 0 Å². The molecule has 92 valence electrons. The summed E-state index contributed by atoms with van der Waals surface area (Å²) in [6.45, 7) is 6.38. The molecule has 0 aliphatic carbocycles. The van der Waals surface area contributed by atoms with E-state index in [2.05, 4.69) is 26.2 Å². The van der Waals surface area contributed by atoms with E-state index >= 15 is 0 Å². The molecule has 1 unspecified atom stereocenters. The third-order valence-electron chi connectivity index (χ3n) is 3.16. The van der Waals surface area contributed by atoms with Gasteiger partial charge in [0, 0.05) is 13.2 Å². The van der Waals surface area contributed by atoms with E-state index in [9.17, 15) is 0 Å². The van der Waals surface area contributed by atoms with E-state index in [1.54, 1.807) is 7.11 Å². The Balaban J connectivity index is 3.71. The highest BCUT2D eigenvalue weighted by molar-refractivity contribution is 4.83. The summed E-state index contributed by atoms with van der Waals surface area (Å²) < 4.78 is 5.43. The van der Waals surface area contributed by atoms with Crippen LogP contribution in [0.2, 0.25) is 0 Å². The van der Waals surface area contributed by atoms with Crippen molar-refractivity contribution in [1.29, 1.82) is 0 Å². The molecule has 0 radical (unpaired) electrons. The van der Waals surface area contributed by atoms with Gasteiger partial charge in [-0.05, 0) is 20.3 Å². The van der Waals surface area contributed by atoms with Crippen LogP contribution < -0.4 is 11.3 Å². The second-order valence-corrected chi connectivity index (χ2v) is 4.73. The van der Waals surface area contributed by atoms with Crippen LogP contribution in [0.1, 0.15) is 59.3 Å². The Kier molecular flexibility index (Phi) is 8.02. The monoisotopic (exact) mass is 216 g/mol. The van der Waals surface area contributed by atoms with E-state index in [4.69, 9.17) is 10.6 Å². The third-order valence-corrected chi connectivity index (χ3v) is 3.16. The lowest BCUT2D eigenvalue weighted by molar-refractivity contribution is -0.0132. The van der Waals surface area contributed by atoms with Crippen LogP contribution in [0, 0.1) is 0 Å². The fourth-order valence-electron chi connectivity index (χ4n) is 1.73. The molecule has 0 aromatic heterocycles. The molecule has 0 aliphatic heterocycles. The van der Waals surface area contributed by atoms with Crippen LogP contribution >= 0.6 is 0 Å². The molecule has 0 fully saturated rings. The minimum atomic E-state index is -0.181. The van der Waals surface area contributed by atoms with E-state index in [0.29, 0.717) is 0 Å². The molecule has 0 saturated heterocycles. The van der Waals surface area contributed by atoms with Gasteiger partial charge in [0.2, 0.25) is 0 Å². The highest BCUT2D eigenvalue weighted by Crippen LogP contribution is 2.18. The normalized spacial score (nSPS) is 14.2. The van der Waals surface area contributed by atoms with Gasteiger partial charge in [-0.3, -0.25) is 11.3 Å². The first-order chi connectivity index (χ1) is 7.08. The van der Waals surface area contributed by atoms with Gasteiger partial charge in [-0.15, -0.1) is 0 Å². The maximum Gasteiger partial charge on any atom is 0.0788 e. The SMILES string of the molecule is CCCCCCCC(NN)C(C)(C)OC. The van der Waals surface area contributed by atoms with Gasteiger partial charge in [0.1, 0.15) is 0 Å². The van der Waals surface area contributed by atoms with Crippen molar-refractivity contribution in [2.45, 2.75) is 70.9 Å². The van der Waals surface area contributed by atoms with E-state index in [-0.39, 0.29) is 11.6 Å². The fourth-order valence-corrected chi connectivity index (χ4v) is 1.73. The molecule has 3 heteroatoms. The van der Waals surface area contributed by atoms with Gasteiger partial charge in [0.05, 0.1) is 5.60 Å². The molecule has 0 aromatic rings. The van der Waals surface area contributed by atoms with Crippen molar-refractivity contribution >= 4 is 0 Å². The molecule has 1 atom stereocenters. The maximum absolute atomic E-state index is 5.55. The Labute approximate surface area is 94.7 Å². The van der Waals surface area contributed by atoms with Crippen molar-refractivity contribution in [3.8, 4) is 0 Å². The van der Waals surface area contributed by atoms with Crippen molar-refractivity contribution in [2.75, 3.05) is 7.11 Å². The van der Waals surface area contributed by atoms with Crippen LogP contribution in [-0.4, -0.2) is 18.8 Å². The summed E-state index contributed by atoms with van der Waals surface area (Å²) in [5.74, 6) is 5.55. The zero-order valence-electron chi connectivity index (χ0n) is 10.8. The highest BCUT2D eigenvalue weighted by Gasteiger charge is 2.27. The molecular weight excluding hydrogens is 188 g/mol. The lowest BCUT2D eigenvalue weighted by atomic mass is 9.93. The van der Waals surface area contributed by atoms with Crippen molar-refractivity contribution in [1.82, 2.24) is 5.43 Å². The Hall–Kier alpha value is -0.120. The lowest BCUT2D eigenvalue weighted by Gasteiger charge is -2.32. The Morgan fingerprint density at radius 1 is 1.20 bits per heavy atom.